The molecule has 0 fully saturated rings. The van der Waals surface area contributed by atoms with Crippen LogP contribution in [0.2, 0.25) is 0 Å². The van der Waals surface area contributed by atoms with Gasteiger partial charge in [-0.25, -0.2) is 21.6 Å². The van der Waals surface area contributed by atoms with E-state index in [1.54, 1.807) is 13.8 Å². The number of hydrogen-bond acceptors (Lipinski definition) is 4. The lowest BCUT2D eigenvalue weighted by molar-refractivity contribution is 0.0995. The van der Waals surface area contributed by atoms with Crippen LogP contribution in [0.3, 0.4) is 0 Å². The minimum atomic E-state index is -4.13. The minimum Gasteiger partial charge on any atom is -0.364 e. The average molecular weight is 386 g/mol. The van der Waals surface area contributed by atoms with E-state index in [0.717, 1.165) is 12.3 Å². The summed E-state index contributed by atoms with van der Waals surface area (Å²) in [6.45, 7) is 3.25. The Kier molecular flexibility index (Phi) is 5.70. The Hall–Kier alpha value is -2.42. The van der Waals surface area contributed by atoms with Crippen molar-refractivity contribution < 1.29 is 26.4 Å². The third-order valence-corrected chi connectivity index (χ3v) is 5.97. The number of sulfone groups is 1. The second-order valence-electron chi connectivity index (χ2n) is 6.20. The van der Waals surface area contributed by atoms with Crippen molar-refractivity contribution in [2.75, 3.05) is 5.75 Å². The fraction of sp³-hybridized carbons (Fsp3) is 0.294. The smallest absolute Gasteiger partial charge is 0.267 e. The Bertz CT molecular complexity index is 929. The predicted octanol–water partition coefficient (Wildman–Crippen LogP) is 2.76. The van der Waals surface area contributed by atoms with Gasteiger partial charge in [0, 0.05) is 11.8 Å². The first-order valence-corrected chi connectivity index (χ1v) is 9.37. The van der Waals surface area contributed by atoms with Crippen molar-refractivity contribution >= 4 is 15.7 Å². The first-order valence-electron chi connectivity index (χ1n) is 7.65. The van der Waals surface area contributed by atoms with Crippen LogP contribution in [0.4, 0.5) is 13.2 Å². The zero-order chi connectivity index (χ0) is 19.6. The molecule has 5 nitrogen and oxygen atoms in total. The predicted molar refractivity (Wildman–Crippen MR) is 89.5 cm³/mol. The molecular formula is C17H17F3N2O3S. The van der Waals surface area contributed by atoms with Crippen molar-refractivity contribution in [3.05, 3.63) is 64.7 Å². The highest BCUT2D eigenvalue weighted by Gasteiger charge is 2.35. The summed E-state index contributed by atoms with van der Waals surface area (Å²) in [6, 6.07) is 3.57. The van der Waals surface area contributed by atoms with Gasteiger partial charge in [0.1, 0.15) is 16.8 Å². The molecule has 0 aliphatic heterocycles. The van der Waals surface area contributed by atoms with Gasteiger partial charge >= 0.3 is 0 Å². The van der Waals surface area contributed by atoms with Crippen molar-refractivity contribution in [1.82, 2.24) is 4.98 Å². The second kappa shape index (κ2) is 7.45. The molecule has 2 N–H and O–H groups in total. The molecule has 2 aromatic rings. The van der Waals surface area contributed by atoms with Gasteiger partial charge in [-0.15, -0.1) is 0 Å². The summed E-state index contributed by atoms with van der Waals surface area (Å²) in [5, 5.41) is -1.81. The highest BCUT2D eigenvalue weighted by molar-refractivity contribution is 7.91. The van der Waals surface area contributed by atoms with Gasteiger partial charge in [-0.3, -0.25) is 9.78 Å². The van der Waals surface area contributed by atoms with Crippen LogP contribution in [0.15, 0.2) is 30.5 Å². The summed E-state index contributed by atoms with van der Waals surface area (Å²) in [4.78, 5) is 14.8. The van der Waals surface area contributed by atoms with Gasteiger partial charge in [-0.05, 0) is 29.7 Å². The number of primary amides is 1. The fourth-order valence-corrected chi connectivity index (χ4v) is 4.85. The number of nitrogens with two attached hydrogens (primary N) is 1. The Morgan fingerprint density at radius 3 is 2.23 bits per heavy atom. The first-order chi connectivity index (χ1) is 12.0. The van der Waals surface area contributed by atoms with Crippen molar-refractivity contribution in [2.45, 2.75) is 19.1 Å². The summed E-state index contributed by atoms with van der Waals surface area (Å²) in [7, 11) is -4.13. The molecule has 1 heterocycles. The van der Waals surface area contributed by atoms with E-state index in [1.807, 2.05) is 0 Å². The number of aromatic nitrogens is 1. The van der Waals surface area contributed by atoms with Gasteiger partial charge in [0.15, 0.2) is 21.5 Å². The topological polar surface area (TPSA) is 90.1 Å². The number of nitrogens with zero attached hydrogens (tertiary/aromatic N) is 1. The maximum Gasteiger partial charge on any atom is 0.267 e. The third-order valence-electron chi connectivity index (χ3n) is 3.61. The summed E-state index contributed by atoms with van der Waals surface area (Å²) in [6.07, 6.45) is 0.992. The number of amides is 1. The highest BCUT2D eigenvalue weighted by atomic mass is 32.2. The van der Waals surface area contributed by atoms with Crippen LogP contribution in [0.1, 0.15) is 40.7 Å². The van der Waals surface area contributed by atoms with Crippen LogP contribution in [-0.2, 0) is 9.84 Å². The third kappa shape index (κ3) is 4.04. The van der Waals surface area contributed by atoms with E-state index in [0.29, 0.717) is 12.1 Å². The minimum absolute atomic E-state index is 0.0981. The monoisotopic (exact) mass is 386 g/mol. The lowest BCUT2D eigenvalue weighted by atomic mass is 10.0. The van der Waals surface area contributed by atoms with E-state index in [2.05, 4.69) is 4.98 Å². The van der Waals surface area contributed by atoms with Crippen molar-refractivity contribution in [2.24, 2.45) is 11.7 Å². The lowest BCUT2D eigenvalue weighted by Gasteiger charge is -2.21. The molecule has 26 heavy (non-hydrogen) atoms. The first kappa shape index (κ1) is 19.9. The standard InChI is InChI=1S/C17H17F3N2O3S/c1-9(2)8-26(24,25)16(10-3-6-13(17(21)23)22-7-10)14-11(18)4-5-12(19)15(14)20/h3-7,9,16H,8H2,1-2H3,(H2,21,23). The molecule has 0 radical (unpaired) electrons. The quantitative estimate of drug-likeness (QED) is 0.773. The lowest BCUT2D eigenvalue weighted by Crippen LogP contribution is -2.24. The molecule has 0 saturated heterocycles. The van der Waals surface area contributed by atoms with Gasteiger partial charge < -0.3 is 5.73 Å². The van der Waals surface area contributed by atoms with Gasteiger partial charge in [0.05, 0.1) is 5.75 Å². The number of benzene rings is 1. The van der Waals surface area contributed by atoms with Gasteiger partial charge in [-0.1, -0.05) is 19.9 Å². The summed E-state index contributed by atoms with van der Waals surface area (Å²) >= 11 is 0. The van der Waals surface area contributed by atoms with Crippen LogP contribution < -0.4 is 5.73 Å². The fourth-order valence-electron chi connectivity index (χ4n) is 2.60. The summed E-state index contributed by atoms with van der Waals surface area (Å²) < 4.78 is 67.8. The summed E-state index contributed by atoms with van der Waals surface area (Å²) in [5.41, 5.74) is 3.92. The van der Waals surface area contributed by atoms with Crippen LogP contribution in [0, 0.1) is 23.4 Å². The number of hydrogen-bond donors (Lipinski definition) is 1. The van der Waals surface area contributed by atoms with E-state index < -0.39 is 44.0 Å². The molecule has 1 aromatic carbocycles. The van der Waals surface area contributed by atoms with Crippen molar-refractivity contribution in [1.29, 1.82) is 0 Å². The molecule has 1 amide bonds. The molecule has 0 saturated carbocycles. The van der Waals surface area contributed by atoms with E-state index in [9.17, 15) is 26.4 Å². The molecule has 2 rings (SSSR count). The second-order valence-corrected chi connectivity index (χ2v) is 8.33. The SMILES string of the molecule is CC(C)CS(=O)(=O)C(c1ccc(C(N)=O)nc1)c1c(F)ccc(F)c1F. The van der Waals surface area contributed by atoms with E-state index in [4.69, 9.17) is 5.73 Å². The zero-order valence-corrected chi connectivity index (χ0v) is 14.9. The molecular weight excluding hydrogens is 369 g/mol. The maximum atomic E-state index is 14.3. The van der Waals surface area contributed by atoms with Crippen molar-refractivity contribution in [3.63, 3.8) is 0 Å². The largest absolute Gasteiger partial charge is 0.364 e. The molecule has 0 spiro atoms. The Morgan fingerprint density at radius 2 is 1.73 bits per heavy atom. The van der Waals surface area contributed by atoms with Crippen molar-refractivity contribution in [3.8, 4) is 0 Å². The van der Waals surface area contributed by atoms with E-state index in [1.165, 1.54) is 6.07 Å². The molecule has 1 aromatic heterocycles. The maximum absolute atomic E-state index is 14.3. The van der Waals surface area contributed by atoms with Crippen LogP contribution in [0.25, 0.3) is 0 Å². The number of carbonyl (C=O) groups excluding carboxylic acids is 1. The number of pyridine rings is 1. The Labute approximate surface area is 149 Å². The highest BCUT2D eigenvalue weighted by Crippen LogP contribution is 2.35. The Morgan fingerprint density at radius 1 is 1.12 bits per heavy atom. The van der Waals surface area contributed by atoms with Gasteiger partial charge in [0.25, 0.3) is 5.91 Å². The van der Waals surface area contributed by atoms with Gasteiger partial charge in [0.2, 0.25) is 0 Å². The Balaban J connectivity index is 2.72. The summed E-state index contributed by atoms with van der Waals surface area (Å²) in [5.74, 6) is -5.71. The van der Waals surface area contributed by atoms with E-state index >= 15 is 0 Å². The number of rotatable bonds is 6. The zero-order valence-electron chi connectivity index (χ0n) is 14.0. The molecule has 1 atom stereocenters. The molecule has 0 aliphatic carbocycles. The van der Waals surface area contributed by atoms with Gasteiger partial charge in [-0.2, -0.15) is 0 Å². The molecule has 0 bridgehead atoms. The van der Waals surface area contributed by atoms with Crippen LogP contribution in [0.5, 0.6) is 0 Å². The van der Waals surface area contributed by atoms with Crippen LogP contribution >= 0.6 is 0 Å². The molecule has 1 unspecified atom stereocenters. The number of carbonyl (C=O) groups is 1. The normalized spacial score (nSPS) is 13.0. The van der Waals surface area contributed by atoms with Crippen LogP contribution in [-0.4, -0.2) is 25.1 Å². The van der Waals surface area contributed by atoms with E-state index in [-0.39, 0.29) is 22.9 Å². The number of halogens is 3. The molecule has 0 aliphatic rings. The molecule has 140 valence electrons. The molecule has 9 heteroatoms. The average Bonchev–Trinajstić information content (AvgIpc) is 2.54.